The fourth-order valence-electron chi connectivity index (χ4n) is 11.2. The lowest BCUT2D eigenvalue weighted by molar-refractivity contribution is 0.669. The van der Waals surface area contributed by atoms with Gasteiger partial charge in [-0.2, -0.15) is 0 Å². The fourth-order valence-corrected chi connectivity index (χ4v) is 11.2. The van der Waals surface area contributed by atoms with E-state index in [2.05, 4.69) is 282 Å². The van der Waals surface area contributed by atoms with Gasteiger partial charge in [0.15, 0.2) is 5.58 Å². The summed E-state index contributed by atoms with van der Waals surface area (Å²) in [5.41, 5.74) is 22.1. The number of anilines is 8. The van der Waals surface area contributed by atoms with Crippen LogP contribution in [-0.2, 0) is 0 Å². The lowest BCUT2D eigenvalue weighted by Gasteiger charge is -2.46. The largest absolute Gasteiger partial charge is 0.454 e. The molecule has 0 saturated carbocycles. The molecule has 12 aromatic rings. The van der Waals surface area contributed by atoms with Crippen LogP contribution in [-0.4, -0.2) is 6.85 Å². The highest BCUT2D eigenvalue weighted by Gasteiger charge is 2.47. The molecule has 0 aliphatic carbocycles. The molecule has 3 heterocycles. The molecular formula is C66H44BN3O. The Morgan fingerprint density at radius 2 is 0.887 bits per heavy atom. The molecule has 0 fully saturated rings. The van der Waals surface area contributed by atoms with Gasteiger partial charge in [0.25, 0.3) is 0 Å². The van der Waals surface area contributed by atoms with Gasteiger partial charge in [-0.1, -0.05) is 188 Å². The number of benzene rings is 11. The predicted molar refractivity (Wildman–Crippen MR) is 298 cm³/mol. The van der Waals surface area contributed by atoms with Gasteiger partial charge in [-0.25, -0.2) is 0 Å². The molecule has 11 aromatic carbocycles. The zero-order valence-corrected chi connectivity index (χ0v) is 38.7. The summed E-state index contributed by atoms with van der Waals surface area (Å²) in [6.07, 6.45) is 0. The Labute approximate surface area is 413 Å². The van der Waals surface area contributed by atoms with Crippen molar-refractivity contribution in [1.82, 2.24) is 0 Å². The van der Waals surface area contributed by atoms with Crippen molar-refractivity contribution >= 4 is 85.2 Å². The molecule has 4 nitrogen and oxygen atoms in total. The van der Waals surface area contributed by atoms with Gasteiger partial charge in [0, 0.05) is 56.1 Å². The van der Waals surface area contributed by atoms with Gasteiger partial charge in [0.1, 0.15) is 5.58 Å². The summed E-state index contributed by atoms with van der Waals surface area (Å²) in [5, 5.41) is 2.18. The average molecular weight is 906 g/mol. The molecule has 2 aliphatic heterocycles. The number of fused-ring (bicyclic) bond motifs is 8. The van der Waals surface area contributed by atoms with Crippen LogP contribution in [0, 0.1) is 0 Å². The van der Waals surface area contributed by atoms with E-state index in [4.69, 9.17) is 4.42 Å². The van der Waals surface area contributed by atoms with Gasteiger partial charge in [-0.15, -0.1) is 0 Å². The Kier molecular flexibility index (Phi) is 9.59. The first-order valence-electron chi connectivity index (χ1n) is 24.4. The second-order valence-electron chi connectivity index (χ2n) is 18.4. The topological polar surface area (TPSA) is 22.9 Å². The number of nitrogens with zero attached hydrogens (tertiary/aromatic N) is 3. The molecule has 0 atom stereocenters. The van der Waals surface area contributed by atoms with Crippen LogP contribution in [0.2, 0.25) is 0 Å². The molecule has 1 aromatic heterocycles. The van der Waals surface area contributed by atoms with E-state index < -0.39 is 0 Å². The smallest absolute Gasteiger partial charge is 0.333 e. The lowest BCUT2D eigenvalue weighted by Crippen LogP contribution is -2.61. The van der Waals surface area contributed by atoms with Crippen molar-refractivity contribution in [3.63, 3.8) is 0 Å². The first-order valence-corrected chi connectivity index (χ1v) is 24.4. The van der Waals surface area contributed by atoms with Crippen molar-refractivity contribution in [2.24, 2.45) is 0 Å². The molecule has 14 rings (SSSR count). The van der Waals surface area contributed by atoms with E-state index in [0.29, 0.717) is 0 Å². The molecule has 0 radical (unpaired) electrons. The summed E-state index contributed by atoms with van der Waals surface area (Å²) >= 11 is 0. The highest BCUT2D eigenvalue weighted by Crippen LogP contribution is 2.52. The zero-order chi connectivity index (χ0) is 46.8. The molecular weight excluding hydrogens is 862 g/mol. The van der Waals surface area contributed by atoms with E-state index in [1.54, 1.807) is 0 Å². The summed E-state index contributed by atoms with van der Waals surface area (Å²) in [4.78, 5) is 7.48. The Bertz CT molecular complexity index is 3910. The summed E-state index contributed by atoms with van der Waals surface area (Å²) in [5.74, 6) is 0. The second kappa shape index (κ2) is 16.7. The minimum absolute atomic E-state index is 0.262. The van der Waals surface area contributed by atoms with E-state index in [-0.39, 0.29) is 6.85 Å². The number of hydrogen-bond acceptors (Lipinski definition) is 4. The van der Waals surface area contributed by atoms with Gasteiger partial charge < -0.3 is 19.0 Å². The molecule has 0 N–H and O–H groups in total. The summed E-state index contributed by atoms with van der Waals surface area (Å²) in [6.45, 7) is -0.262. The van der Waals surface area contributed by atoms with Crippen molar-refractivity contribution in [2.75, 3.05) is 14.6 Å². The van der Waals surface area contributed by atoms with Crippen molar-refractivity contribution in [1.29, 1.82) is 0 Å². The Hall–Kier alpha value is -9.32. The number of hydrogen-bond donors (Lipinski definition) is 0. The third-order valence-electron chi connectivity index (χ3n) is 14.4. The van der Waals surface area contributed by atoms with Crippen molar-refractivity contribution in [3.05, 3.63) is 267 Å². The maximum absolute atomic E-state index is 7.21. The third-order valence-corrected chi connectivity index (χ3v) is 14.4. The predicted octanol–water partition coefficient (Wildman–Crippen LogP) is 16.8. The molecule has 5 heteroatoms. The number of para-hydroxylation sites is 3. The number of furan rings is 1. The van der Waals surface area contributed by atoms with Crippen LogP contribution in [0.4, 0.5) is 45.5 Å². The van der Waals surface area contributed by atoms with Crippen LogP contribution in [0.15, 0.2) is 271 Å². The first kappa shape index (κ1) is 40.7. The highest BCUT2D eigenvalue weighted by molar-refractivity contribution is 6.94. The average Bonchev–Trinajstić information content (AvgIpc) is 3.83. The lowest BCUT2D eigenvalue weighted by atomic mass is 9.43. The molecule has 71 heavy (non-hydrogen) atoms. The van der Waals surface area contributed by atoms with Crippen LogP contribution < -0.4 is 25.5 Å². The van der Waals surface area contributed by atoms with E-state index in [1.165, 1.54) is 27.6 Å². The molecule has 0 spiro atoms. The van der Waals surface area contributed by atoms with Gasteiger partial charge >= 0.3 is 6.85 Å². The first-order chi connectivity index (χ1) is 35.2. The van der Waals surface area contributed by atoms with Crippen LogP contribution >= 0.6 is 0 Å². The summed E-state index contributed by atoms with van der Waals surface area (Å²) in [6, 6.07) is 96.8. The maximum atomic E-state index is 7.21. The van der Waals surface area contributed by atoms with E-state index in [1.807, 2.05) is 0 Å². The third kappa shape index (κ3) is 6.77. The Balaban J connectivity index is 1.11. The highest BCUT2D eigenvalue weighted by atomic mass is 16.3. The SMILES string of the molecule is c1ccc(-c2cccc(N3B4c5ccc(-c6ccccc6)cc5N(c5cccc(-c6ccccc6)c5)c5c4c(cc4c5oc5ccccc54)-c4ccc(N(c5ccccc5)c5ccccc5)cc43)c2)cc1. The zero-order valence-electron chi connectivity index (χ0n) is 38.7. The van der Waals surface area contributed by atoms with Crippen LogP contribution in [0.5, 0.6) is 0 Å². The van der Waals surface area contributed by atoms with Crippen molar-refractivity contribution in [3.8, 4) is 44.5 Å². The molecule has 332 valence electrons. The van der Waals surface area contributed by atoms with E-state index in [9.17, 15) is 0 Å². The Morgan fingerprint density at radius 1 is 0.352 bits per heavy atom. The summed E-state index contributed by atoms with van der Waals surface area (Å²) in [7, 11) is 0. The minimum atomic E-state index is -0.262. The normalized spacial score (nSPS) is 12.4. The van der Waals surface area contributed by atoms with Gasteiger partial charge in [-0.3, -0.25) is 0 Å². The minimum Gasteiger partial charge on any atom is -0.454 e. The fraction of sp³-hybridized carbons (Fsp3) is 0. The molecule has 0 unspecified atom stereocenters. The van der Waals surface area contributed by atoms with E-state index >= 15 is 0 Å². The monoisotopic (exact) mass is 905 g/mol. The van der Waals surface area contributed by atoms with Crippen LogP contribution in [0.3, 0.4) is 0 Å². The molecule has 0 bridgehead atoms. The molecule has 0 saturated heterocycles. The van der Waals surface area contributed by atoms with Crippen molar-refractivity contribution in [2.45, 2.75) is 0 Å². The summed E-state index contributed by atoms with van der Waals surface area (Å²) < 4.78 is 7.21. The van der Waals surface area contributed by atoms with Crippen molar-refractivity contribution < 1.29 is 4.42 Å². The number of rotatable bonds is 8. The van der Waals surface area contributed by atoms with Crippen LogP contribution in [0.1, 0.15) is 0 Å². The van der Waals surface area contributed by atoms with Crippen LogP contribution in [0.25, 0.3) is 66.4 Å². The molecule has 2 aliphatic rings. The maximum Gasteiger partial charge on any atom is 0.333 e. The van der Waals surface area contributed by atoms with Gasteiger partial charge in [-0.05, 0) is 129 Å². The standard InChI is InChI=1S/C66H44BN3O/c1-6-20-45(21-7-1)48-26-18-32-53(40-48)69-62-42-50(47-24-10-3-11-25-47)36-39-60(62)67-64-58(44-59-57-34-16-17-35-63(57)71-66(59)65(64)69)56-38-37-54(68(51-28-12-4-13-29-51)52-30-14-5-15-31-52)43-61(56)70(67)55-33-19-27-49(41-55)46-22-8-2-9-23-46/h1-44H. The van der Waals surface area contributed by atoms with Gasteiger partial charge in [0.2, 0.25) is 0 Å². The molecule has 0 amide bonds. The quantitative estimate of drug-likeness (QED) is 0.142. The second-order valence-corrected chi connectivity index (χ2v) is 18.4. The van der Waals surface area contributed by atoms with Gasteiger partial charge in [0.05, 0.1) is 5.69 Å². The van der Waals surface area contributed by atoms with E-state index in [0.717, 1.165) is 95.3 Å². The Morgan fingerprint density at radius 3 is 1.52 bits per heavy atom.